The first-order valence-electron chi connectivity index (χ1n) is 9.11. The van der Waals surface area contributed by atoms with Crippen LogP contribution in [0.3, 0.4) is 0 Å². The number of nitrogens with one attached hydrogen (secondary N) is 1. The van der Waals surface area contributed by atoms with E-state index in [0.29, 0.717) is 23.5 Å². The van der Waals surface area contributed by atoms with Gasteiger partial charge in [-0.2, -0.15) is 0 Å². The lowest BCUT2D eigenvalue weighted by atomic mass is 10.1. The fourth-order valence-electron chi connectivity index (χ4n) is 3.39. The lowest BCUT2D eigenvalue weighted by Crippen LogP contribution is -2.39. The lowest BCUT2D eigenvalue weighted by Gasteiger charge is -2.27. The molecule has 0 aliphatic carbocycles. The summed E-state index contributed by atoms with van der Waals surface area (Å²) in [6.45, 7) is 1.25. The van der Waals surface area contributed by atoms with Crippen LogP contribution in [0.5, 0.6) is 0 Å². The summed E-state index contributed by atoms with van der Waals surface area (Å²) >= 11 is 0. The van der Waals surface area contributed by atoms with Gasteiger partial charge in [0.15, 0.2) is 23.2 Å². The molecular weight excluding hydrogens is 391 g/mol. The minimum absolute atomic E-state index is 0.150. The molecule has 2 aromatic rings. The molecule has 0 amide bonds. The molecule has 1 unspecified atom stereocenters. The number of phosphoric ester groups is 1. The third kappa shape index (κ3) is 3.77. The van der Waals surface area contributed by atoms with Crippen molar-refractivity contribution in [3.05, 3.63) is 12.7 Å². The maximum absolute atomic E-state index is 11.6. The SMILES string of the molecule is NCCCCCNc1ncnc2c1ncn2[C@@H]1O[C@@H]2COP(=O)(O)O[C@H]2[C@H]1O. The van der Waals surface area contributed by atoms with Gasteiger partial charge in [0.05, 0.1) is 12.9 Å². The molecule has 0 bridgehead atoms. The van der Waals surface area contributed by atoms with Crippen LogP contribution in [0.4, 0.5) is 5.82 Å². The summed E-state index contributed by atoms with van der Waals surface area (Å²) < 4.78 is 28.7. The molecule has 5 atom stereocenters. The largest absolute Gasteiger partial charge is 0.472 e. The zero-order chi connectivity index (χ0) is 19.7. The van der Waals surface area contributed by atoms with Gasteiger partial charge >= 0.3 is 7.82 Å². The van der Waals surface area contributed by atoms with Gasteiger partial charge in [-0.05, 0) is 19.4 Å². The molecule has 2 saturated heterocycles. The Morgan fingerprint density at radius 1 is 1.32 bits per heavy atom. The van der Waals surface area contributed by atoms with E-state index < -0.39 is 32.4 Å². The van der Waals surface area contributed by atoms with Crippen LogP contribution >= 0.6 is 7.82 Å². The number of fused-ring (bicyclic) bond motifs is 2. The minimum atomic E-state index is -4.18. The standard InChI is InChI=1S/C15H23N6O6P/c16-4-2-1-3-5-17-13-10-14(19-7-18-13)21(8-20-10)15-11(22)12-9(26-15)6-25-28(23,24)27-12/h7-9,11-12,15,22H,1-6,16H2,(H,23,24)(H,17,18,19)/t9-,11-,12-,15-/m1/s1. The van der Waals surface area contributed by atoms with Gasteiger partial charge in [-0.1, -0.05) is 6.42 Å². The molecule has 2 fully saturated rings. The van der Waals surface area contributed by atoms with Crippen LogP contribution in [0.15, 0.2) is 12.7 Å². The number of hydrogen-bond donors (Lipinski definition) is 4. The normalized spacial score (nSPS) is 32.5. The van der Waals surface area contributed by atoms with E-state index in [0.717, 1.165) is 25.8 Å². The van der Waals surface area contributed by atoms with Crippen molar-refractivity contribution in [2.45, 2.75) is 43.8 Å². The fraction of sp³-hybridized carbons (Fsp3) is 0.667. The Morgan fingerprint density at radius 2 is 2.18 bits per heavy atom. The first kappa shape index (κ1) is 19.6. The number of nitrogens with two attached hydrogens (primary N) is 1. The van der Waals surface area contributed by atoms with Gasteiger partial charge in [0, 0.05) is 6.54 Å². The predicted molar refractivity (Wildman–Crippen MR) is 97.3 cm³/mol. The van der Waals surface area contributed by atoms with E-state index in [4.69, 9.17) is 19.5 Å². The molecule has 13 heteroatoms. The smallest absolute Gasteiger partial charge is 0.386 e. The molecule has 0 saturated carbocycles. The summed E-state index contributed by atoms with van der Waals surface area (Å²) in [6.07, 6.45) is 2.12. The van der Waals surface area contributed by atoms with Crippen LogP contribution in [0.25, 0.3) is 11.2 Å². The molecule has 154 valence electrons. The molecule has 12 nitrogen and oxygen atoms in total. The Kier molecular flexibility index (Phi) is 5.61. The second kappa shape index (κ2) is 7.99. The Morgan fingerprint density at radius 3 is 3.00 bits per heavy atom. The summed E-state index contributed by atoms with van der Waals surface area (Å²) in [5.74, 6) is 0.584. The summed E-state index contributed by atoms with van der Waals surface area (Å²) in [5.41, 5.74) is 6.50. The Bertz CT molecular complexity index is 880. The highest BCUT2D eigenvalue weighted by Crippen LogP contribution is 2.52. The molecule has 2 aromatic heterocycles. The van der Waals surface area contributed by atoms with Crippen molar-refractivity contribution in [1.29, 1.82) is 0 Å². The van der Waals surface area contributed by atoms with Gasteiger partial charge in [-0.15, -0.1) is 0 Å². The third-order valence-electron chi connectivity index (χ3n) is 4.77. The van der Waals surface area contributed by atoms with Crippen LogP contribution in [-0.2, 0) is 18.3 Å². The average Bonchev–Trinajstić information content (AvgIpc) is 3.23. The molecule has 28 heavy (non-hydrogen) atoms. The third-order valence-corrected chi connectivity index (χ3v) is 5.76. The number of aliphatic hydroxyl groups excluding tert-OH is 1. The van der Waals surface area contributed by atoms with Gasteiger partial charge < -0.3 is 25.8 Å². The minimum Gasteiger partial charge on any atom is -0.386 e. The zero-order valence-corrected chi connectivity index (χ0v) is 15.9. The predicted octanol–water partition coefficient (Wildman–Crippen LogP) is 0.141. The first-order valence-corrected chi connectivity index (χ1v) is 10.6. The summed E-state index contributed by atoms with van der Waals surface area (Å²) in [6, 6.07) is 0. The van der Waals surface area contributed by atoms with Gasteiger partial charge in [-0.3, -0.25) is 13.6 Å². The average molecular weight is 414 g/mol. The van der Waals surface area contributed by atoms with Gasteiger partial charge in [-0.25, -0.2) is 19.5 Å². The maximum atomic E-state index is 11.6. The molecule has 2 aliphatic rings. The van der Waals surface area contributed by atoms with Gasteiger partial charge in [0.2, 0.25) is 0 Å². The highest BCUT2D eigenvalue weighted by molar-refractivity contribution is 7.47. The number of phosphoric acid groups is 1. The molecule has 0 aromatic carbocycles. The highest BCUT2D eigenvalue weighted by Gasteiger charge is 2.52. The molecule has 0 radical (unpaired) electrons. The van der Waals surface area contributed by atoms with Crippen molar-refractivity contribution in [2.75, 3.05) is 25.0 Å². The Hall–Kier alpha value is -1.66. The second-order valence-corrected chi connectivity index (χ2v) is 8.12. The molecule has 4 heterocycles. The number of ether oxygens (including phenoxy) is 1. The van der Waals surface area contributed by atoms with Crippen molar-refractivity contribution < 1.29 is 28.3 Å². The number of aromatic nitrogens is 4. The highest BCUT2D eigenvalue weighted by atomic mass is 31.2. The van der Waals surface area contributed by atoms with Crippen molar-refractivity contribution in [2.24, 2.45) is 5.73 Å². The molecule has 4 rings (SSSR count). The van der Waals surface area contributed by atoms with Crippen molar-refractivity contribution in [1.82, 2.24) is 19.5 Å². The van der Waals surface area contributed by atoms with Crippen LogP contribution in [0, 0.1) is 0 Å². The van der Waals surface area contributed by atoms with Crippen LogP contribution < -0.4 is 11.1 Å². The quantitative estimate of drug-likeness (QED) is 0.359. The number of unbranched alkanes of at least 4 members (excludes halogenated alkanes) is 2. The number of aliphatic hydroxyl groups is 1. The topological polar surface area (TPSA) is 167 Å². The van der Waals surface area contributed by atoms with E-state index in [1.54, 1.807) is 4.57 Å². The molecule has 5 N–H and O–H groups in total. The van der Waals surface area contributed by atoms with Crippen LogP contribution in [0.2, 0.25) is 0 Å². The van der Waals surface area contributed by atoms with Crippen molar-refractivity contribution >= 4 is 24.8 Å². The summed E-state index contributed by atoms with van der Waals surface area (Å²) in [4.78, 5) is 22.3. The number of anilines is 1. The number of rotatable bonds is 7. The van der Waals surface area contributed by atoms with Crippen molar-refractivity contribution in [3.8, 4) is 0 Å². The number of hydrogen-bond acceptors (Lipinski definition) is 10. The van der Waals surface area contributed by atoms with E-state index in [1.165, 1.54) is 12.7 Å². The zero-order valence-electron chi connectivity index (χ0n) is 15.0. The number of nitrogens with zero attached hydrogens (tertiary/aromatic N) is 4. The van der Waals surface area contributed by atoms with Crippen LogP contribution in [0.1, 0.15) is 25.5 Å². The molecule has 0 spiro atoms. The summed E-state index contributed by atoms with van der Waals surface area (Å²) in [7, 11) is -4.18. The van der Waals surface area contributed by atoms with E-state index >= 15 is 0 Å². The van der Waals surface area contributed by atoms with Gasteiger partial charge in [0.1, 0.15) is 24.6 Å². The second-order valence-electron chi connectivity index (χ2n) is 6.71. The monoisotopic (exact) mass is 414 g/mol. The van der Waals surface area contributed by atoms with E-state index in [1.807, 2.05) is 0 Å². The molecule has 2 aliphatic heterocycles. The van der Waals surface area contributed by atoms with Crippen LogP contribution in [-0.4, -0.2) is 67.5 Å². The summed E-state index contributed by atoms with van der Waals surface area (Å²) in [5, 5.41) is 13.8. The maximum Gasteiger partial charge on any atom is 0.472 e. The van der Waals surface area contributed by atoms with Gasteiger partial charge in [0.25, 0.3) is 0 Å². The van der Waals surface area contributed by atoms with Crippen molar-refractivity contribution in [3.63, 3.8) is 0 Å². The fourth-order valence-corrected chi connectivity index (χ4v) is 4.35. The van der Waals surface area contributed by atoms with E-state index in [-0.39, 0.29) is 6.61 Å². The Labute approximate surface area is 160 Å². The Balaban J connectivity index is 1.52. The van der Waals surface area contributed by atoms with E-state index in [9.17, 15) is 14.6 Å². The molecular formula is C15H23N6O6P. The first-order chi connectivity index (χ1) is 13.5. The van der Waals surface area contributed by atoms with E-state index in [2.05, 4.69) is 20.3 Å². The lowest BCUT2D eigenvalue weighted by molar-refractivity contribution is -0.0664. The number of imidazole rings is 1.